The van der Waals surface area contributed by atoms with Gasteiger partial charge in [0.1, 0.15) is 5.82 Å². The summed E-state index contributed by atoms with van der Waals surface area (Å²) < 4.78 is 51.4. The van der Waals surface area contributed by atoms with Gasteiger partial charge in [-0.1, -0.05) is 6.07 Å². The van der Waals surface area contributed by atoms with Gasteiger partial charge in [-0.05, 0) is 42.0 Å². The van der Waals surface area contributed by atoms with E-state index in [2.05, 4.69) is 15.0 Å². The first-order valence-corrected chi connectivity index (χ1v) is 10.7. The number of guanidine groups is 1. The molecule has 2 aromatic rings. The zero-order valence-corrected chi connectivity index (χ0v) is 16.4. The van der Waals surface area contributed by atoms with Crippen LogP contribution in [0, 0.1) is 5.82 Å². The Hall–Kier alpha value is -2.85. The highest BCUT2D eigenvalue weighted by Gasteiger charge is 2.20. The second kappa shape index (κ2) is 8.26. The molecule has 0 bridgehead atoms. The third-order valence-electron chi connectivity index (χ3n) is 4.47. The molecular weight excluding hydrogens is 399 g/mol. The summed E-state index contributed by atoms with van der Waals surface area (Å²) in [6.45, 7) is 2.63. The molecular formula is C19H21FN4O4S. The minimum absolute atomic E-state index is 0.0296. The Balaban J connectivity index is 1.37. The van der Waals surface area contributed by atoms with Crippen LogP contribution in [0.1, 0.15) is 12.0 Å². The van der Waals surface area contributed by atoms with Crippen molar-refractivity contribution < 1.29 is 22.3 Å². The Labute approximate surface area is 168 Å². The second-order valence-electron chi connectivity index (χ2n) is 6.70. The monoisotopic (exact) mass is 420 g/mol. The predicted octanol–water partition coefficient (Wildman–Crippen LogP) is 1.64. The molecule has 4 rings (SSSR count). The van der Waals surface area contributed by atoms with E-state index in [1.165, 1.54) is 12.1 Å². The second-order valence-corrected chi connectivity index (χ2v) is 8.39. The smallest absolute Gasteiger partial charge is 0.264 e. The van der Waals surface area contributed by atoms with E-state index in [0.717, 1.165) is 35.6 Å². The number of nitrogens with zero attached hydrogens (tertiary/aromatic N) is 2. The summed E-state index contributed by atoms with van der Waals surface area (Å²) >= 11 is 0. The average molecular weight is 420 g/mol. The largest absolute Gasteiger partial charge is 0.490 e. The number of hydrogen-bond donors (Lipinski definition) is 2. The molecule has 0 radical (unpaired) electrons. The van der Waals surface area contributed by atoms with Crippen molar-refractivity contribution in [1.82, 2.24) is 14.9 Å². The van der Waals surface area contributed by atoms with Crippen molar-refractivity contribution in [1.29, 1.82) is 0 Å². The third-order valence-corrected chi connectivity index (χ3v) is 5.83. The molecule has 29 heavy (non-hydrogen) atoms. The lowest BCUT2D eigenvalue weighted by Gasteiger charge is -2.27. The van der Waals surface area contributed by atoms with Crippen LogP contribution in [0.3, 0.4) is 0 Å². The van der Waals surface area contributed by atoms with Crippen LogP contribution in [0.15, 0.2) is 52.4 Å². The van der Waals surface area contributed by atoms with Crippen molar-refractivity contribution in [2.45, 2.75) is 17.9 Å². The lowest BCUT2D eigenvalue weighted by atomic mass is 10.2. The molecule has 2 heterocycles. The van der Waals surface area contributed by atoms with E-state index in [-0.39, 0.29) is 10.9 Å². The highest BCUT2D eigenvalue weighted by Crippen LogP contribution is 2.30. The number of halogens is 1. The molecule has 2 aromatic carbocycles. The van der Waals surface area contributed by atoms with Crippen LogP contribution < -0.4 is 19.5 Å². The van der Waals surface area contributed by atoms with Gasteiger partial charge >= 0.3 is 0 Å². The van der Waals surface area contributed by atoms with Crippen LogP contribution in [0.2, 0.25) is 0 Å². The summed E-state index contributed by atoms with van der Waals surface area (Å²) in [6, 6.07) is 10.4. The molecule has 0 aliphatic carbocycles. The fourth-order valence-electron chi connectivity index (χ4n) is 3.00. The number of nitrogens with one attached hydrogen (secondary N) is 2. The van der Waals surface area contributed by atoms with Gasteiger partial charge in [0, 0.05) is 13.0 Å². The number of hydrogen-bond acceptors (Lipinski definition) is 7. The molecule has 0 aromatic heterocycles. The lowest BCUT2D eigenvalue weighted by molar-refractivity contribution is 0.254. The molecule has 8 nitrogen and oxygen atoms in total. The van der Waals surface area contributed by atoms with Crippen molar-refractivity contribution in [3.05, 3.63) is 53.8 Å². The van der Waals surface area contributed by atoms with Gasteiger partial charge in [0.05, 0.1) is 31.4 Å². The van der Waals surface area contributed by atoms with Gasteiger partial charge in [-0.2, -0.15) is 0 Å². The number of benzene rings is 2. The van der Waals surface area contributed by atoms with Crippen LogP contribution in [-0.2, 0) is 16.6 Å². The molecule has 2 N–H and O–H groups in total. The summed E-state index contributed by atoms with van der Waals surface area (Å²) in [5.74, 6) is 1.14. The van der Waals surface area contributed by atoms with Crippen molar-refractivity contribution in [3.63, 3.8) is 0 Å². The number of rotatable bonds is 4. The molecule has 0 fully saturated rings. The van der Waals surface area contributed by atoms with Gasteiger partial charge in [0.25, 0.3) is 10.0 Å². The number of ether oxygens (including phenoxy) is 2. The Morgan fingerprint density at radius 2 is 1.86 bits per heavy atom. The zero-order chi connectivity index (χ0) is 20.3. The molecule has 0 unspecified atom stereocenters. The van der Waals surface area contributed by atoms with Crippen molar-refractivity contribution in [2.24, 2.45) is 4.99 Å². The minimum Gasteiger partial charge on any atom is -0.490 e. The van der Waals surface area contributed by atoms with Crippen molar-refractivity contribution in [3.8, 4) is 11.5 Å². The van der Waals surface area contributed by atoms with E-state index in [0.29, 0.717) is 33.1 Å². The molecule has 10 heteroatoms. The first kappa shape index (κ1) is 19.5. The molecule has 0 spiro atoms. The normalized spacial score (nSPS) is 17.1. The van der Waals surface area contributed by atoms with E-state index < -0.39 is 15.8 Å². The predicted molar refractivity (Wildman–Crippen MR) is 105 cm³/mol. The fraction of sp³-hybridized carbons (Fsp3) is 0.316. The van der Waals surface area contributed by atoms with Crippen LogP contribution in [0.4, 0.5) is 4.39 Å². The lowest BCUT2D eigenvalue weighted by Crippen LogP contribution is -2.49. The zero-order valence-electron chi connectivity index (χ0n) is 15.6. The van der Waals surface area contributed by atoms with Gasteiger partial charge in [-0.25, -0.2) is 22.5 Å². The maximum absolute atomic E-state index is 13.0. The first-order chi connectivity index (χ1) is 14.0. The molecule has 0 saturated carbocycles. The van der Waals surface area contributed by atoms with Gasteiger partial charge in [0.2, 0.25) is 5.96 Å². The van der Waals surface area contributed by atoms with Gasteiger partial charge in [-0.3, -0.25) is 4.90 Å². The summed E-state index contributed by atoms with van der Waals surface area (Å²) in [4.78, 5) is 6.23. The third kappa shape index (κ3) is 4.77. The van der Waals surface area contributed by atoms with Gasteiger partial charge in [0.15, 0.2) is 11.5 Å². The minimum atomic E-state index is -3.83. The van der Waals surface area contributed by atoms with Crippen LogP contribution in [-0.4, -0.2) is 45.8 Å². The van der Waals surface area contributed by atoms with Crippen molar-refractivity contribution >= 4 is 16.0 Å². The Morgan fingerprint density at radius 3 is 2.59 bits per heavy atom. The van der Waals surface area contributed by atoms with Gasteiger partial charge < -0.3 is 14.8 Å². The molecule has 154 valence electrons. The highest BCUT2D eigenvalue weighted by atomic mass is 32.2. The van der Waals surface area contributed by atoms with Crippen molar-refractivity contribution in [2.75, 3.05) is 26.6 Å². The number of aliphatic imine (C=N–C) groups is 1. The van der Waals surface area contributed by atoms with Crippen LogP contribution in [0.25, 0.3) is 0 Å². The Kier molecular flexibility index (Phi) is 5.54. The van der Waals surface area contributed by atoms with E-state index >= 15 is 0 Å². The molecule has 0 amide bonds. The van der Waals surface area contributed by atoms with E-state index in [9.17, 15) is 12.8 Å². The Bertz CT molecular complexity index is 1010. The summed E-state index contributed by atoms with van der Waals surface area (Å²) in [5.41, 5.74) is 1.04. The first-order valence-electron chi connectivity index (χ1n) is 9.17. The van der Waals surface area contributed by atoms with E-state index in [1.54, 1.807) is 0 Å². The molecule has 2 aliphatic heterocycles. The number of sulfonamides is 1. The summed E-state index contributed by atoms with van der Waals surface area (Å²) in [5, 5.41) is 2.95. The van der Waals surface area contributed by atoms with Crippen LogP contribution >= 0.6 is 0 Å². The molecule has 2 aliphatic rings. The Morgan fingerprint density at radius 1 is 1.10 bits per heavy atom. The summed E-state index contributed by atoms with van der Waals surface area (Å²) in [7, 11) is -3.83. The van der Waals surface area contributed by atoms with E-state index in [1.807, 2.05) is 23.1 Å². The fourth-order valence-corrected chi connectivity index (χ4v) is 4.01. The van der Waals surface area contributed by atoms with E-state index in [4.69, 9.17) is 9.47 Å². The molecule has 0 atom stereocenters. The topological polar surface area (TPSA) is 92.3 Å². The highest BCUT2D eigenvalue weighted by molar-refractivity contribution is 7.90. The quantitative estimate of drug-likeness (QED) is 0.781. The number of fused-ring (bicyclic) bond motifs is 1. The standard InChI is InChI=1S/C19H21FN4O4S/c20-15-3-5-16(6-4-15)29(25,26)23-19-21-12-24(13-22-19)11-14-2-7-17-18(10-14)28-9-1-8-27-17/h2-7,10H,1,8-9,11-13H2,(H2,21,22,23). The van der Waals surface area contributed by atoms with Gasteiger partial charge in [-0.15, -0.1) is 0 Å². The SMILES string of the molecule is O=S(=O)(NC1=NCN(Cc2ccc3c(c2)OCCCO3)CN1)c1ccc(F)cc1. The summed E-state index contributed by atoms with van der Waals surface area (Å²) in [6.07, 6.45) is 0.853. The van der Waals surface area contributed by atoms with Crippen LogP contribution in [0.5, 0.6) is 11.5 Å². The average Bonchev–Trinajstić information content (AvgIpc) is 2.95. The maximum atomic E-state index is 13.0. The molecule has 0 saturated heterocycles. The maximum Gasteiger partial charge on any atom is 0.264 e.